The van der Waals surface area contributed by atoms with Gasteiger partial charge in [-0.3, -0.25) is 9.59 Å². The number of carbonyl (C=O) groups excluding carboxylic acids is 1. The van der Waals surface area contributed by atoms with Gasteiger partial charge in [-0.2, -0.15) is 0 Å². The third-order valence-electron chi connectivity index (χ3n) is 3.61. The first-order valence-corrected chi connectivity index (χ1v) is 7.46. The number of nitrogens with one attached hydrogen (secondary N) is 1. The Morgan fingerprint density at radius 3 is 2.48 bits per heavy atom. The van der Waals surface area contributed by atoms with Gasteiger partial charge in [0.25, 0.3) is 5.56 Å². The molecule has 1 atom stereocenters. The molecule has 2 aromatic carbocycles. The van der Waals surface area contributed by atoms with Gasteiger partial charge >= 0.3 is 5.97 Å². The van der Waals surface area contributed by atoms with Gasteiger partial charge in [0.2, 0.25) is 5.91 Å². The Hall–Kier alpha value is -3.55. The summed E-state index contributed by atoms with van der Waals surface area (Å²) in [6.07, 6.45) is 0. The van der Waals surface area contributed by atoms with Crippen LogP contribution in [0, 0.1) is 0 Å². The fraction of sp³-hybridized carbons (Fsp3) is 0.118. The lowest BCUT2D eigenvalue weighted by Crippen LogP contribution is -2.38. The van der Waals surface area contributed by atoms with Gasteiger partial charge in [0.15, 0.2) is 6.04 Å². The zero-order valence-corrected chi connectivity index (χ0v) is 13.0. The summed E-state index contributed by atoms with van der Waals surface area (Å²) in [5.41, 5.74) is 0.393. The fourth-order valence-electron chi connectivity index (χ4n) is 2.40. The van der Waals surface area contributed by atoms with E-state index < -0.39 is 30.0 Å². The zero-order chi connectivity index (χ0) is 17.8. The minimum atomic E-state index is -1.21. The third-order valence-corrected chi connectivity index (χ3v) is 3.61. The SMILES string of the molecule is O=C(Cn1nnc2ccccc2c1=O)N[C@H](C(=O)O)c1ccccc1. The number of nitrogens with zero attached hydrogens (tertiary/aromatic N) is 3. The van der Waals surface area contributed by atoms with Crippen molar-refractivity contribution in [3.05, 3.63) is 70.5 Å². The smallest absolute Gasteiger partial charge is 0.330 e. The first kappa shape index (κ1) is 16.3. The Morgan fingerprint density at radius 1 is 1.08 bits per heavy atom. The highest BCUT2D eigenvalue weighted by Gasteiger charge is 2.22. The quantitative estimate of drug-likeness (QED) is 0.709. The number of carboxylic acids is 1. The van der Waals surface area contributed by atoms with Crippen LogP contribution in [0.25, 0.3) is 10.9 Å². The predicted octanol–water partition coefficient (Wildman–Crippen LogP) is 0.734. The number of hydrogen-bond acceptors (Lipinski definition) is 5. The summed E-state index contributed by atoms with van der Waals surface area (Å²) >= 11 is 0. The van der Waals surface area contributed by atoms with Gasteiger partial charge in [0.05, 0.1) is 5.39 Å². The molecule has 0 spiro atoms. The molecule has 8 heteroatoms. The molecule has 0 unspecified atom stereocenters. The average Bonchev–Trinajstić information content (AvgIpc) is 2.63. The molecule has 8 nitrogen and oxygen atoms in total. The van der Waals surface area contributed by atoms with E-state index in [1.807, 2.05) is 0 Å². The Morgan fingerprint density at radius 2 is 1.76 bits per heavy atom. The number of carboxylic acid groups (broad SMARTS) is 1. The molecule has 1 heterocycles. The fourth-order valence-corrected chi connectivity index (χ4v) is 2.40. The summed E-state index contributed by atoms with van der Waals surface area (Å²) in [7, 11) is 0. The number of aliphatic carboxylic acids is 1. The maximum absolute atomic E-state index is 12.3. The second kappa shape index (κ2) is 6.91. The first-order valence-electron chi connectivity index (χ1n) is 7.46. The van der Waals surface area contributed by atoms with Crippen molar-refractivity contribution in [3.63, 3.8) is 0 Å². The monoisotopic (exact) mass is 338 g/mol. The summed E-state index contributed by atoms with van der Waals surface area (Å²) in [4.78, 5) is 35.9. The normalized spacial score (nSPS) is 11.8. The van der Waals surface area contributed by atoms with Crippen molar-refractivity contribution >= 4 is 22.8 Å². The molecule has 2 N–H and O–H groups in total. The molecule has 0 aliphatic heterocycles. The lowest BCUT2D eigenvalue weighted by Gasteiger charge is -2.15. The molecule has 3 rings (SSSR count). The number of carbonyl (C=O) groups is 2. The summed E-state index contributed by atoms with van der Waals surface area (Å²) < 4.78 is 0.904. The average molecular weight is 338 g/mol. The van der Waals surface area contributed by atoms with Crippen molar-refractivity contribution < 1.29 is 14.7 Å². The summed E-state index contributed by atoms with van der Waals surface area (Å²) in [6, 6.07) is 13.7. The molecule has 0 aliphatic rings. The minimum absolute atomic E-state index is 0.336. The first-order chi connectivity index (χ1) is 12.1. The molecular formula is C17H14N4O4. The second-order valence-electron chi connectivity index (χ2n) is 5.32. The maximum atomic E-state index is 12.3. The van der Waals surface area contributed by atoms with Crippen LogP contribution in [0.15, 0.2) is 59.4 Å². The van der Waals surface area contributed by atoms with Crippen LogP contribution in [0.3, 0.4) is 0 Å². The summed E-state index contributed by atoms with van der Waals surface area (Å²) in [5, 5.41) is 19.7. The van der Waals surface area contributed by atoms with Crippen LogP contribution in [-0.4, -0.2) is 32.0 Å². The number of rotatable bonds is 5. The largest absolute Gasteiger partial charge is 0.479 e. The topological polar surface area (TPSA) is 114 Å². The van der Waals surface area contributed by atoms with E-state index in [1.165, 1.54) is 0 Å². The number of hydrogen-bond donors (Lipinski definition) is 2. The van der Waals surface area contributed by atoms with Crippen LogP contribution in [0.1, 0.15) is 11.6 Å². The van der Waals surface area contributed by atoms with Gasteiger partial charge in [-0.1, -0.05) is 47.7 Å². The van der Waals surface area contributed by atoms with Crippen LogP contribution in [-0.2, 0) is 16.1 Å². The molecule has 0 radical (unpaired) electrons. The molecule has 1 amide bonds. The zero-order valence-electron chi connectivity index (χ0n) is 13.0. The Bertz CT molecular complexity index is 985. The highest BCUT2D eigenvalue weighted by Crippen LogP contribution is 2.12. The molecule has 0 fully saturated rings. The molecule has 1 aromatic heterocycles. The molecule has 0 saturated carbocycles. The Balaban J connectivity index is 1.81. The Kier molecular flexibility index (Phi) is 4.51. The van der Waals surface area contributed by atoms with Crippen LogP contribution in [0.2, 0.25) is 0 Å². The highest BCUT2D eigenvalue weighted by molar-refractivity contribution is 5.84. The van der Waals surface area contributed by atoms with E-state index in [0.29, 0.717) is 16.5 Å². The standard InChI is InChI=1S/C17H14N4O4/c22-14(18-15(17(24)25)11-6-2-1-3-7-11)10-21-16(23)12-8-4-5-9-13(12)19-20-21/h1-9,15H,10H2,(H,18,22)(H,24,25)/t15-/m0/s1. The van der Waals surface area contributed by atoms with E-state index in [-0.39, 0.29) is 0 Å². The van der Waals surface area contributed by atoms with E-state index in [1.54, 1.807) is 54.6 Å². The number of aromatic nitrogens is 3. The molecular weight excluding hydrogens is 324 g/mol. The molecule has 3 aromatic rings. The van der Waals surface area contributed by atoms with E-state index in [9.17, 15) is 19.5 Å². The minimum Gasteiger partial charge on any atom is -0.479 e. The Labute approximate surface area is 141 Å². The molecule has 0 bridgehead atoms. The van der Waals surface area contributed by atoms with Gasteiger partial charge in [0.1, 0.15) is 12.1 Å². The van der Waals surface area contributed by atoms with Crippen LogP contribution in [0.5, 0.6) is 0 Å². The van der Waals surface area contributed by atoms with Gasteiger partial charge < -0.3 is 10.4 Å². The molecule has 0 aliphatic carbocycles. The molecule has 0 saturated heterocycles. The van der Waals surface area contributed by atoms with Crippen molar-refractivity contribution in [1.29, 1.82) is 0 Å². The van der Waals surface area contributed by atoms with Crippen molar-refractivity contribution in [2.24, 2.45) is 0 Å². The van der Waals surface area contributed by atoms with Gasteiger partial charge in [-0.05, 0) is 17.7 Å². The summed E-state index contributed by atoms with van der Waals surface area (Å²) in [6.45, 7) is -0.423. The van der Waals surface area contributed by atoms with Crippen LogP contribution in [0.4, 0.5) is 0 Å². The highest BCUT2D eigenvalue weighted by atomic mass is 16.4. The van der Waals surface area contributed by atoms with Crippen molar-refractivity contribution in [3.8, 4) is 0 Å². The van der Waals surface area contributed by atoms with Crippen LogP contribution >= 0.6 is 0 Å². The lowest BCUT2D eigenvalue weighted by molar-refractivity contribution is -0.142. The van der Waals surface area contributed by atoms with E-state index in [0.717, 1.165) is 4.68 Å². The number of benzene rings is 2. The second-order valence-corrected chi connectivity index (χ2v) is 5.32. The molecule has 25 heavy (non-hydrogen) atoms. The van der Waals surface area contributed by atoms with Crippen molar-refractivity contribution in [2.75, 3.05) is 0 Å². The predicted molar refractivity (Wildman–Crippen MR) is 88.8 cm³/mol. The lowest BCUT2D eigenvalue weighted by atomic mass is 10.1. The van der Waals surface area contributed by atoms with E-state index in [2.05, 4.69) is 15.6 Å². The maximum Gasteiger partial charge on any atom is 0.330 e. The van der Waals surface area contributed by atoms with E-state index in [4.69, 9.17) is 0 Å². The van der Waals surface area contributed by atoms with E-state index >= 15 is 0 Å². The van der Waals surface area contributed by atoms with Crippen molar-refractivity contribution in [1.82, 2.24) is 20.3 Å². The number of fused-ring (bicyclic) bond motifs is 1. The van der Waals surface area contributed by atoms with Gasteiger partial charge in [-0.25, -0.2) is 9.48 Å². The summed E-state index contributed by atoms with van der Waals surface area (Å²) in [5.74, 6) is -1.85. The van der Waals surface area contributed by atoms with Crippen LogP contribution < -0.4 is 10.9 Å². The third kappa shape index (κ3) is 3.52. The van der Waals surface area contributed by atoms with Gasteiger partial charge in [-0.15, -0.1) is 5.10 Å². The number of amides is 1. The molecule has 126 valence electrons. The van der Waals surface area contributed by atoms with Gasteiger partial charge in [0, 0.05) is 0 Å². The van der Waals surface area contributed by atoms with Crippen molar-refractivity contribution in [2.45, 2.75) is 12.6 Å².